The highest BCUT2D eigenvalue weighted by Crippen LogP contribution is 2.15. The first-order valence-electron chi connectivity index (χ1n) is 7.42. The van der Waals surface area contributed by atoms with Crippen LogP contribution in [0.3, 0.4) is 0 Å². The van der Waals surface area contributed by atoms with E-state index >= 15 is 0 Å². The number of nitrogens with two attached hydrogens (primary N) is 1. The van der Waals surface area contributed by atoms with Gasteiger partial charge >= 0.3 is 6.18 Å². The van der Waals surface area contributed by atoms with E-state index in [9.17, 15) is 18.0 Å². The number of carbonyl (C=O) groups is 1. The molecule has 0 aromatic carbocycles. The van der Waals surface area contributed by atoms with E-state index in [1.807, 2.05) is 0 Å². The van der Waals surface area contributed by atoms with Crippen molar-refractivity contribution in [2.24, 2.45) is 10.7 Å². The summed E-state index contributed by atoms with van der Waals surface area (Å²) in [7, 11) is 1.08. The largest absolute Gasteiger partial charge is 0.406 e. The van der Waals surface area contributed by atoms with Crippen LogP contribution >= 0.6 is 0 Å². The predicted octanol–water partition coefficient (Wildman–Crippen LogP) is -0.366. The molecule has 1 amide bonds. The molecule has 134 valence electrons. The first-order valence-corrected chi connectivity index (χ1v) is 7.42. The SMILES string of the molecule is CN(CC(F)(F)F)C(=O)CN=C(N)NCCCN1CCOCC1. The number of carbonyl (C=O) groups excluding carboxylic acids is 1. The van der Waals surface area contributed by atoms with Gasteiger partial charge in [0.15, 0.2) is 5.96 Å². The van der Waals surface area contributed by atoms with Crippen molar-refractivity contribution in [3.63, 3.8) is 0 Å². The van der Waals surface area contributed by atoms with Gasteiger partial charge in [-0.25, -0.2) is 4.99 Å². The van der Waals surface area contributed by atoms with Crippen molar-refractivity contribution >= 4 is 11.9 Å². The summed E-state index contributed by atoms with van der Waals surface area (Å²) >= 11 is 0. The minimum atomic E-state index is -4.42. The number of morpholine rings is 1. The maximum atomic E-state index is 12.1. The Morgan fingerprint density at radius 1 is 1.39 bits per heavy atom. The van der Waals surface area contributed by atoms with E-state index in [0.717, 1.165) is 46.3 Å². The predicted molar refractivity (Wildman–Crippen MR) is 80.1 cm³/mol. The van der Waals surface area contributed by atoms with Gasteiger partial charge in [0.05, 0.1) is 13.2 Å². The van der Waals surface area contributed by atoms with Crippen LogP contribution in [-0.4, -0.2) is 87.4 Å². The molecule has 1 fully saturated rings. The number of nitrogens with one attached hydrogen (secondary N) is 1. The van der Waals surface area contributed by atoms with Crippen LogP contribution in [0.15, 0.2) is 4.99 Å². The molecule has 0 saturated carbocycles. The van der Waals surface area contributed by atoms with E-state index in [2.05, 4.69) is 15.2 Å². The maximum absolute atomic E-state index is 12.1. The molecule has 10 heteroatoms. The van der Waals surface area contributed by atoms with Gasteiger partial charge in [0.25, 0.3) is 0 Å². The smallest absolute Gasteiger partial charge is 0.379 e. The van der Waals surface area contributed by atoms with Gasteiger partial charge in [-0.2, -0.15) is 13.2 Å². The van der Waals surface area contributed by atoms with Crippen LogP contribution in [0.2, 0.25) is 0 Å². The Labute approximate surface area is 133 Å². The molecule has 1 rings (SSSR count). The zero-order valence-electron chi connectivity index (χ0n) is 13.2. The lowest BCUT2D eigenvalue weighted by Gasteiger charge is -2.26. The van der Waals surface area contributed by atoms with Crippen molar-refractivity contribution in [2.75, 3.05) is 59.5 Å². The molecule has 3 N–H and O–H groups in total. The van der Waals surface area contributed by atoms with Crippen LogP contribution in [0.25, 0.3) is 0 Å². The average molecular weight is 339 g/mol. The summed E-state index contributed by atoms with van der Waals surface area (Å²) in [5, 5.41) is 2.84. The number of rotatable bonds is 7. The van der Waals surface area contributed by atoms with Gasteiger partial charge in [0.1, 0.15) is 13.1 Å². The number of alkyl halides is 3. The van der Waals surface area contributed by atoms with Gasteiger partial charge in [0, 0.05) is 26.7 Å². The van der Waals surface area contributed by atoms with Gasteiger partial charge in [-0.1, -0.05) is 0 Å². The third-order valence-electron chi connectivity index (χ3n) is 3.29. The molecule has 1 aliphatic heterocycles. The molecule has 0 aliphatic carbocycles. The molecule has 0 aromatic heterocycles. The summed E-state index contributed by atoms with van der Waals surface area (Å²) in [6, 6.07) is 0. The Kier molecular flexibility index (Phi) is 8.10. The second-order valence-corrected chi connectivity index (χ2v) is 5.30. The Bertz CT molecular complexity index is 398. The van der Waals surface area contributed by atoms with Crippen molar-refractivity contribution < 1.29 is 22.7 Å². The molecular formula is C13H24F3N5O2. The standard InChI is InChI=1S/C13H24F3N5O2/c1-20(10-13(14,15)16)11(22)9-19-12(17)18-3-2-4-21-5-7-23-8-6-21/h2-10H2,1H3,(H3,17,18,19). The van der Waals surface area contributed by atoms with E-state index in [4.69, 9.17) is 10.5 Å². The van der Waals surface area contributed by atoms with Crippen molar-refractivity contribution in [2.45, 2.75) is 12.6 Å². The van der Waals surface area contributed by atoms with E-state index < -0.39 is 25.2 Å². The molecule has 0 radical (unpaired) electrons. The quantitative estimate of drug-likeness (QED) is 0.376. The fraction of sp³-hybridized carbons (Fsp3) is 0.846. The van der Waals surface area contributed by atoms with Crippen LogP contribution in [0.5, 0.6) is 0 Å². The lowest BCUT2D eigenvalue weighted by atomic mass is 10.3. The Balaban J connectivity index is 2.16. The number of halogens is 3. The molecule has 0 bridgehead atoms. The van der Waals surface area contributed by atoms with Crippen molar-refractivity contribution in [1.29, 1.82) is 0 Å². The summed E-state index contributed by atoms with van der Waals surface area (Å²) in [6.45, 7) is 3.07. The van der Waals surface area contributed by atoms with Crippen LogP contribution in [0, 0.1) is 0 Å². The van der Waals surface area contributed by atoms with E-state index in [-0.39, 0.29) is 5.96 Å². The second-order valence-electron chi connectivity index (χ2n) is 5.30. The molecule has 0 atom stereocenters. The van der Waals surface area contributed by atoms with Gasteiger partial charge < -0.3 is 20.7 Å². The Morgan fingerprint density at radius 3 is 2.65 bits per heavy atom. The summed E-state index contributed by atoms with van der Waals surface area (Å²) in [5.74, 6) is -0.680. The molecule has 23 heavy (non-hydrogen) atoms. The van der Waals surface area contributed by atoms with E-state index in [1.54, 1.807) is 0 Å². The lowest BCUT2D eigenvalue weighted by molar-refractivity contribution is -0.157. The highest BCUT2D eigenvalue weighted by Gasteiger charge is 2.30. The number of nitrogens with zero attached hydrogens (tertiary/aromatic N) is 3. The van der Waals surface area contributed by atoms with Gasteiger partial charge in [0.2, 0.25) is 5.91 Å². The van der Waals surface area contributed by atoms with Gasteiger partial charge in [-0.3, -0.25) is 9.69 Å². The molecule has 7 nitrogen and oxygen atoms in total. The normalized spacial score (nSPS) is 17.1. The zero-order chi connectivity index (χ0) is 17.3. The first-order chi connectivity index (χ1) is 10.8. The zero-order valence-corrected chi connectivity index (χ0v) is 13.2. The number of guanidine groups is 1. The molecular weight excluding hydrogens is 315 g/mol. The molecule has 1 saturated heterocycles. The van der Waals surface area contributed by atoms with Crippen LogP contribution in [0.4, 0.5) is 13.2 Å². The Morgan fingerprint density at radius 2 is 2.04 bits per heavy atom. The topological polar surface area (TPSA) is 83.2 Å². The Hall–Kier alpha value is -1.55. The van der Waals surface area contributed by atoms with E-state index in [0.29, 0.717) is 11.4 Å². The summed E-state index contributed by atoms with van der Waals surface area (Å²) in [6.07, 6.45) is -3.57. The number of hydrogen-bond acceptors (Lipinski definition) is 4. The minimum Gasteiger partial charge on any atom is -0.379 e. The van der Waals surface area contributed by atoms with Crippen molar-refractivity contribution in [1.82, 2.24) is 15.1 Å². The highest BCUT2D eigenvalue weighted by atomic mass is 19.4. The van der Waals surface area contributed by atoms with Crippen molar-refractivity contribution in [3.8, 4) is 0 Å². The minimum absolute atomic E-state index is 0.0562. The number of amides is 1. The second kappa shape index (κ2) is 9.56. The van der Waals surface area contributed by atoms with Crippen LogP contribution < -0.4 is 11.1 Å². The third kappa shape index (κ3) is 9.24. The molecule has 0 unspecified atom stereocenters. The van der Waals surface area contributed by atoms with Gasteiger partial charge in [-0.15, -0.1) is 0 Å². The number of hydrogen-bond donors (Lipinski definition) is 2. The third-order valence-corrected chi connectivity index (χ3v) is 3.29. The van der Waals surface area contributed by atoms with Gasteiger partial charge in [-0.05, 0) is 13.0 Å². The van der Waals surface area contributed by atoms with Crippen molar-refractivity contribution in [3.05, 3.63) is 0 Å². The first kappa shape index (κ1) is 19.5. The van der Waals surface area contributed by atoms with Crippen LogP contribution in [0.1, 0.15) is 6.42 Å². The summed E-state index contributed by atoms with van der Waals surface area (Å²) in [4.78, 5) is 18.1. The molecule has 0 spiro atoms. The fourth-order valence-corrected chi connectivity index (χ4v) is 2.03. The van der Waals surface area contributed by atoms with Crippen LogP contribution in [-0.2, 0) is 9.53 Å². The highest BCUT2D eigenvalue weighted by molar-refractivity contribution is 5.83. The number of ether oxygens (including phenoxy) is 1. The molecule has 0 aromatic rings. The maximum Gasteiger partial charge on any atom is 0.406 e. The fourth-order valence-electron chi connectivity index (χ4n) is 2.03. The van der Waals surface area contributed by atoms with E-state index in [1.165, 1.54) is 0 Å². The molecule has 1 aliphatic rings. The number of aliphatic imine (C=N–C) groups is 1. The average Bonchev–Trinajstić information content (AvgIpc) is 2.48. The lowest BCUT2D eigenvalue weighted by Crippen LogP contribution is -2.40. The number of likely N-dealkylation sites (N-methyl/N-ethyl adjacent to an activating group) is 1. The summed E-state index contributed by atoms with van der Waals surface area (Å²) in [5.41, 5.74) is 5.58. The monoisotopic (exact) mass is 339 g/mol. The molecule has 1 heterocycles. The summed E-state index contributed by atoms with van der Waals surface area (Å²) < 4.78 is 41.7.